The van der Waals surface area contributed by atoms with Gasteiger partial charge in [0.2, 0.25) is 11.8 Å². The maximum Gasteiger partial charge on any atom is 0.263 e. The molecule has 150 valence electrons. The summed E-state index contributed by atoms with van der Waals surface area (Å²) in [6.07, 6.45) is 4.97. The predicted octanol–water partition coefficient (Wildman–Crippen LogP) is 2.67. The number of anilines is 3. The molecule has 1 amide bonds. The van der Waals surface area contributed by atoms with Gasteiger partial charge in [-0.25, -0.2) is 4.98 Å². The highest BCUT2D eigenvalue weighted by Crippen LogP contribution is 2.35. The normalized spacial score (nSPS) is 17.9. The molecule has 0 saturated carbocycles. The third-order valence-electron chi connectivity index (χ3n) is 5.53. The van der Waals surface area contributed by atoms with Crippen LogP contribution in [0.25, 0.3) is 11.5 Å². The number of amides is 1. The van der Waals surface area contributed by atoms with Crippen LogP contribution in [0.15, 0.2) is 41.1 Å². The van der Waals surface area contributed by atoms with Crippen LogP contribution in [-0.4, -0.2) is 47.0 Å². The maximum absolute atomic E-state index is 13.5. The molecule has 0 aliphatic carbocycles. The number of carbonyl (C=O) groups is 1. The second kappa shape index (κ2) is 7.15. The molecule has 1 unspecified atom stereocenters. The van der Waals surface area contributed by atoms with Crippen LogP contribution in [0.2, 0.25) is 0 Å². The second-order valence-electron chi connectivity index (χ2n) is 7.29. The van der Waals surface area contributed by atoms with Gasteiger partial charge in [-0.1, -0.05) is 6.07 Å². The van der Waals surface area contributed by atoms with Crippen LogP contribution in [0.1, 0.15) is 28.9 Å². The van der Waals surface area contributed by atoms with Crippen LogP contribution in [0, 0.1) is 11.3 Å². The van der Waals surface area contributed by atoms with Crippen LogP contribution in [0.5, 0.6) is 0 Å². The van der Waals surface area contributed by atoms with Crippen molar-refractivity contribution in [3.63, 3.8) is 0 Å². The van der Waals surface area contributed by atoms with Crippen molar-refractivity contribution in [3.8, 4) is 17.5 Å². The van der Waals surface area contributed by atoms with Gasteiger partial charge in [0.1, 0.15) is 23.7 Å². The van der Waals surface area contributed by atoms with E-state index in [0.29, 0.717) is 35.3 Å². The van der Waals surface area contributed by atoms with Crippen molar-refractivity contribution in [3.05, 3.63) is 48.0 Å². The molecule has 0 radical (unpaired) electrons. The molecule has 3 aromatic rings. The molecule has 0 bridgehead atoms. The Morgan fingerprint density at radius 2 is 2.23 bits per heavy atom. The van der Waals surface area contributed by atoms with Crippen molar-refractivity contribution in [1.82, 2.24) is 15.0 Å². The van der Waals surface area contributed by atoms with Gasteiger partial charge in [-0.05, 0) is 31.0 Å². The number of nitrogens with one attached hydrogen (secondary N) is 1. The molecule has 2 aliphatic heterocycles. The van der Waals surface area contributed by atoms with Crippen molar-refractivity contribution < 1.29 is 9.21 Å². The highest BCUT2D eigenvalue weighted by Gasteiger charge is 2.37. The Morgan fingerprint density at radius 3 is 3.03 bits per heavy atom. The van der Waals surface area contributed by atoms with Gasteiger partial charge in [0, 0.05) is 43.6 Å². The maximum atomic E-state index is 13.5. The summed E-state index contributed by atoms with van der Waals surface area (Å²) in [5.41, 5.74) is 2.16. The van der Waals surface area contributed by atoms with Crippen molar-refractivity contribution in [2.45, 2.75) is 18.9 Å². The van der Waals surface area contributed by atoms with E-state index < -0.39 is 0 Å². The first kappa shape index (κ1) is 18.1. The van der Waals surface area contributed by atoms with Crippen LogP contribution in [0.3, 0.4) is 0 Å². The van der Waals surface area contributed by atoms with Crippen LogP contribution >= 0.6 is 0 Å². The summed E-state index contributed by atoms with van der Waals surface area (Å²) in [7, 11) is 1.76. The molecule has 1 aromatic carbocycles. The fraction of sp³-hybridized carbons (Fsp3) is 0.286. The molecule has 1 saturated heterocycles. The smallest absolute Gasteiger partial charge is 0.263 e. The van der Waals surface area contributed by atoms with E-state index in [9.17, 15) is 4.79 Å². The van der Waals surface area contributed by atoms with Crippen molar-refractivity contribution in [2.24, 2.45) is 0 Å². The summed E-state index contributed by atoms with van der Waals surface area (Å²) in [6.45, 7) is 1.43. The van der Waals surface area contributed by atoms with E-state index in [4.69, 9.17) is 9.68 Å². The van der Waals surface area contributed by atoms with E-state index in [1.54, 1.807) is 18.1 Å². The Bertz CT molecular complexity index is 1170. The summed E-state index contributed by atoms with van der Waals surface area (Å²) in [4.78, 5) is 30.5. The SMILES string of the molecule is CNc1ncc2c(n1)N1CCCC1CN(c1cccc(-c3nc(C#N)co3)c1)C2=O. The lowest BCUT2D eigenvalue weighted by atomic mass is 10.1. The average Bonchev–Trinajstić information content (AvgIpc) is 3.44. The summed E-state index contributed by atoms with van der Waals surface area (Å²) in [5.74, 6) is 1.40. The summed E-state index contributed by atoms with van der Waals surface area (Å²) < 4.78 is 5.41. The van der Waals surface area contributed by atoms with E-state index in [0.717, 1.165) is 25.1 Å². The van der Waals surface area contributed by atoms with E-state index >= 15 is 0 Å². The topological polar surface area (TPSA) is 111 Å². The van der Waals surface area contributed by atoms with E-state index in [1.807, 2.05) is 30.3 Å². The number of oxazole rings is 1. The van der Waals surface area contributed by atoms with E-state index in [-0.39, 0.29) is 17.6 Å². The van der Waals surface area contributed by atoms with Gasteiger partial charge in [0.25, 0.3) is 5.91 Å². The number of benzene rings is 1. The number of nitrogens with zero attached hydrogens (tertiary/aromatic N) is 6. The monoisotopic (exact) mass is 401 g/mol. The van der Waals surface area contributed by atoms with Gasteiger partial charge in [-0.3, -0.25) is 4.79 Å². The molecule has 9 heteroatoms. The lowest BCUT2D eigenvalue weighted by Crippen LogP contribution is -2.39. The Morgan fingerprint density at radius 1 is 1.33 bits per heavy atom. The fourth-order valence-corrected chi connectivity index (χ4v) is 4.09. The van der Waals surface area contributed by atoms with Gasteiger partial charge < -0.3 is 19.5 Å². The Hall–Kier alpha value is -3.93. The van der Waals surface area contributed by atoms with Gasteiger partial charge in [0.05, 0.1) is 0 Å². The Balaban J connectivity index is 1.57. The summed E-state index contributed by atoms with van der Waals surface area (Å²) >= 11 is 0. The second-order valence-corrected chi connectivity index (χ2v) is 7.29. The molecule has 0 spiro atoms. The first-order chi connectivity index (χ1) is 14.7. The van der Waals surface area contributed by atoms with E-state index in [1.165, 1.54) is 6.26 Å². The standard InChI is InChI=1S/C21H19N7O2/c1-23-21-24-10-17-18(26-21)27-7-3-6-16(27)11-28(20(17)29)15-5-2-4-13(8-15)19-25-14(9-22)12-30-19/h2,4-5,8,10,12,16H,3,6-7,11H2,1H3,(H,23,24,26). The lowest BCUT2D eigenvalue weighted by molar-refractivity contribution is 0.0988. The molecule has 1 N–H and O–H groups in total. The van der Waals surface area contributed by atoms with Crippen molar-refractivity contribution in [1.29, 1.82) is 5.26 Å². The summed E-state index contributed by atoms with van der Waals surface area (Å²) in [5, 5.41) is 11.9. The molecule has 30 heavy (non-hydrogen) atoms. The zero-order valence-corrected chi connectivity index (χ0v) is 16.4. The number of rotatable bonds is 3. The number of carbonyl (C=O) groups excluding carboxylic acids is 1. The highest BCUT2D eigenvalue weighted by atomic mass is 16.3. The zero-order chi connectivity index (χ0) is 20.7. The molecule has 4 heterocycles. The molecule has 2 aliphatic rings. The first-order valence-electron chi connectivity index (χ1n) is 9.77. The zero-order valence-electron chi connectivity index (χ0n) is 16.4. The molecular weight excluding hydrogens is 382 g/mol. The third-order valence-corrected chi connectivity index (χ3v) is 5.53. The quantitative estimate of drug-likeness (QED) is 0.713. The Kier molecular flexibility index (Phi) is 4.32. The van der Waals surface area contributed by atoms with Crippen LogP contribution < -0.4 is 15.1 Å². The highest BCUT2D eigenvalue weighted by molar-refractivity contribution is 6.10. The van der Waals surface area contributed by atoms with Gasteiger partial charge >= 0.3 is 0 Å². The molecule has 1 fully saturated rings. The first-order valence-corrected chi connectivity index (χ1v) is 9.77. The molecular formula is C21H19N7O2. The number of fused-ring (bicyclic) bond motifs is 3. The lowest BCUT2D eigenvalue weighted by Gasteiger charge is -2.27. The average molecular weight is 401 g/mol. The molecule has 1 atom stereocenters. The van der Waals surface area contributed by atoms with Gasteiger partial charge in [0.15, 0.2) is 5.69 Å². The minimum absolute atomic E-state index is 0.135. The largest absolute Gasteiger partial charge is 0.443 e. The number of hydrogen-bond donors (Lipinski definition) is 1. The molecule has 2 aromatic heterocycles. The Labute approximate surface area is 173 Å². The number of hydrogen-bond acceptors (Lipinski definition) is 8. The van der Waals surface area contributed by atoms with Gasteiger partial charge in [-0.15, -0.1) is 0 Å². The fourth-order valence-electron chi connectivity index (χ4n) is 4.09. The van der Waals surface area contributed by atoms with Gasteiger partial charge in [-0.2, -0.15) is 15.2 Å². The van der Waals surface area contributed by atoms with E-state index in [2.05, 4.69) is 25.2 Å². The van der Waals surface area contributed by atoms with Crippen LogP contribution in [0.4, 0.5) is 17.5 Å². The third kappa shape index (κ3) is 2.93. The molecule has 9 nitrogen and oxygen atoms in total. The minimum Gasteiger partial charge on any atom is -0.443 e. The number of nitriles is 1. The van der Waals surface area contributed by atoms with Crippen LogP contribution in [-0.2, 0) is 0 Å². The van der Waals surface area contributed by atoms with Crippen molar-refractivity contribution >= 4 is 23.4 Å². The molecule has 5 rings (SSSR count). The minimum atomic E-state index is -0.135. The van der Waals surface area contributed by atoms with Crippen molar-refractivity contribution in [2.75, 3.05) is 35.3 Å². The summed E-state index contributed by atoms with van der Waals surface area (Å²) in [6, 6.07) is 9.60. The number of aromatic nitrogens is 3. The predicted molar refractivity (Wildman–Crippen MR) is 110 cm³/mol.